The number of pyridine rings is 1. The third-order valence-electron chi connectivity index (χ3n) is 4.77. The molecule has 0 unspecified atom stereocenters. The van der Waals surface area contributed by atoms with Gasteiger partial charge in [-0.3, -0.25) is 4.79 Å². The molecule has 1 aromatic carbocycles. The Hall–Kier alpha value is -2.49. The largest absolute Gasteiger partial charge is 0.353 e. The van der Waals surface area contributed by atoms with Crippen LogP contribution in [0.1, 0.15) is 23.2 Å². The van der Waals surface area contributed by atoms with Crippen LogP contribution in [0, 0.1) is 3.57 Å². The molecule has 4 rings (SSSR count). The van der Waals surface area contributed by atoms with Crippen LogP contribution in [0.25, 0.3) is 11.4 Å². The number of carbonyl (C=O) groups excluding carboxylic acids is 1. The van der Waals surface area contributed by atoms with E-state index in [1.165, 1.54) is 0 Å². The summed E-state index contributed by atoms with van der Waals surface area (Å²) in [6, 6.07) is 11.6. The number of hydrogen-bond donors (Lipinski definition) is 0. The molecule has 3 aromatic rings. The number of aryl methyl sites for hydroxylation is 1. The SMILES string of the molecule is CCc1nc(-c2ccc(N3CCN(C(=O)c4ccccc4I)CC3)nc2)no1. The number of aromatic nitrogens is 3. The Bertz CT molecular complexity index is 965. The van der Waals surface area contributed by atoms with Gasteiger partial charge in [-0.15, -0.1) is 0 Å². The Morgan fingerprint density at radius 3 is 2.57 bits per heavy atom. The lowest BCUT2D eigenvalue weighted by molar-refractivity contribution is 0.0745. The summed E-state index contributed by atoms with van der Waals surface area (Å²) in [7, 11) is 0. The predicted octanol–water partition coefficient (Wildman–Crippen LogP) is 3.26. The predicted molar refractivity (Wildman–Crippen MR) is 114 cm³/mol. The van der Waals surface area contributed by atoms with Gasteiger partial charge in [0.25, 0.3) is 5.91 Å². The van der Waals surface area contributed by atoms with Crippen LogP contribution in [0.2, 0.25) is 0 Å². The van der Waals surface area contributed by atoms with Gasteiger partial charge in [0.15, 0.2) is 0 Å². The Kier molecular flexibility index (Phi) is 5.56. The number of nitrogens with zero attached hydrogens (tertiary/aromatic N) is 5. The summed E-state index contributed by atoms with van der Waals surface area (Å²) in [5.74, 6) is 2.16. The maximum Gasteiger partial charge on any atom is 0.255 e. The van der Waals surface area contributed by atoms with Gasteiger partial charge >= 0.3 is 0 Å². The maximum atomic E-state index is 12.8. The fourth-order valence-electron chi connectivity index (χ4n) is 3.16. The van der Waals surface area contributed by atoms with Crippen LogP contribution in [0.5, 0.6) is 0 Å². The summed E-state index contributed by atoms with van der Waals surface area (Å²) >= 11 is 2.21. The topological polar surface area (TPSA) is 75.4 Å². The van der Waals surface area contributed by atoms with Crippen LogP contribution in [0.15, 0.2) is 47.1 Å². The van der Waals surface area contributed by atoms with Gasteiger partial charge in [0.1, 0.15) is 5.82 Å². The first kappa shape index (κ1) is 18.9. The van der Waals surface area contributed by atoms with Crippen molar-refractivity contribution in [1.82, 2.24) is 20.0 Å². The zero-order chi connectivity index (χ0) is 19.5. The van der Waals surface area contributed by atoms with Crippen molar-refractivity contribution in [1.29, 1.82) is 0 Å². The zero-order valence-corrected chi connectivity index (χ0v) is 17.7. The molecule has 1 aliphatic rings. The fourth-order valence-corrected chi connectivity index (χ4v) is 3.78. The van der Waals surface area contributed by atoms with Crippen molar-refractivity contribution in [2.75, 3.05) is 31.1 Å². The molecular formula is C20H20IN5O2. The molecule has 0 spiro atoms. The van der Waals surface area contributed by atoms with Crippen molar-refractivity contribution in [3.05, 3.63) is 57.6 Å². The quantitative estimate of drug-likeness (QED) is 0.524. The number of rotatable bonds is 4. The molecule has 1 fully saturated rings. The van der Waals surface area contributed by atoms with E-state index in [4.69, 9.17) is 4.52 Å². The highest BCUT2D eigenvalue weighted by Crippen LogP contribution is 2.21. The first-order valence-corrected chi connectivity index (χ1v) is 10.3. The highest BCUT2D eigenvalue weighted by molar-refractivity contribution is 14.1. The van der Waals surface area contributed by atoms with E-state index in [1.807, 2.05) is 48.2 Å². The second-order valence-corrected chi connectivity index (χ2v) is 7.69. The van der Waals surface area contributed by atoms with Gasteiger partial charge < -0.3 is 14.3 Å². The van der Waals surface area contributed by atoms with Crippen LogP contribution in [0.3, 0.4) is 0 Å². The Labute approximate surface area is 176 Å². The first-order chi connectivity index (χ1) is 13.7. The Balaban J connectivity index is 1.40. The van der Waals surface area contributed by atoms with E-state index in [-0.39, 0.29) is 5.91 Å². The summed E-state index contributed by atoms with van der Waals surface area (Å²) in [6.07, 6.45) is 2.48. The van der Waals surface area contributed by atoms with Crippen LogP contribution in [-0.2, 0) is 6.42 Å². The monoisotopic (exact) mass is 489 g/mol. The molecule has 0 radical (unpaired) electrons. The van der Waals surface area contributed by atoms with E-state index >= 15 is 0 Å². The minimum absolute atomic E-state index is 0.0943. The summed E-state index contributed by atoms with van der Waals surface area (Å²) < 4.78 is 6.14. The van der Waals surface area contributed by atoms with Gasteiger partial charge in [0.2, 0.25) is 11.7 Å². The molecule has 0 saturated carbocycles. The highest BCUT2D eigenvalue weighted by atomic mass is 127. The lowest BCUT2D eigenvalue weighted by Gasteiger charge is -2.35. The molecule has 8 heteroatoms. The molecule has 1 aliphatic heterocycles. The van der Waals surface area contributed by atoms with E-state index in [0.717, 1.165) is 33.6 Å². The molecule has 144 valence electrons. The van der Waals surface area contributed by atoms with Crippen LogP contribution in [-0.4, -0.2) is 52.1 Å². The number of halogens is 1. The minimum Gasteiger partial charge on any atom is -0.353 e. The third-order valence-corrected chi connectivity index (χ3v) is 5.71. The molecule has 28 heavy (non-hydrogen) atoms. The van der Waals surface area contributed by atoms with Crippen LogP contribution >= 0.6 is 22.6 Å². The number of benzene rings is 1. The van der Waals surface area contributed by atoms with Gasteiger partial charge in [-0.25, -0.2) is 4.98 Å². The normalized spacial score (nSPS) is 14.4. The van der Waals surface area contributed by atoms with E-state index in [2.05, 4.69) is 42.6 Å². The van der Waals surface area contributed by atoms with Crippen LogP contribution in [0.4, 0.5) is 5.82 Å². The van der Waals surface area contributed by atoms with Crippen molar-refractivity contribution in [3.63, 3.8) is 0 Å². The highest BCUT2D eigenvalue weighted by Gasteiger charge is 2.24. The lowest BCUT2D eigenvalue weighted by Crippen LogP contribution is -2.49. The van der Waals surface area contributed by atoms with Gasteiger partial charge in [-0.2, -0.15) is 4.98 Å². The van der Waals surface area contributed by atoms with Gasteiger partial charge in [-0.05, 0) is 46.9 Å². The van der Waals surface area contributed by atoms with Crippen molar-refractivity contribution in [2.24, 2.45) is 0 Å². The third kappa shape index (κ3) is 3.87. The summed E-state index contributed by atoms with van der Waals surface area (Å²) in [5, 5.41) is 3.98. The Morgan fingerprint density at radius 1 is 1.14 bits per heavy atom. The van der Waals surface area contributed by atoms with Crippen molar-refractivity contribution >= 4 is 34.3 Å². The van der Waals surface area contributed by atoms with Gasteiger partial charge in [0, 0.05) is 47.9 Å². The smallest absolute Gasteiger partial charge is 0.255 e. The van der Waals surface area contributed by atoms with Crippen molar-refractivity contribution < 1.29 is 9.32 Å². The summed E-state index contributed by atoms with van der Waals surface area (Å²) in [4.78, 5) is 25.7. The number of hydrogen-bond acceptors (Lipinski definition) is 6. The fraction of sp³-hybridized carbons (Fsp3) is 0.300. The molecule has 7 nitrogen and oxygen atoms in total. The van der Waals surface area contributed by atoms with E-state index in [0.29, 0.717) is 31.2 Å². The van der Waals surface area contributed by atoms with E-state index in [1.54, 1.807) is 6.20 Å². The van der Waals surface area contributed by atoms with Crippen LogP contribution < -0.4 is 4.90 Å². The number of amides is 1. The average Bonchev–Trinajstić information content (AvgIpc) is 3.23. The molecule has 2 aromatic heterocycles. The first-order valence-electron chi connectivity index (χ1n) is 9.23. The summed E-state index contributed by atoms with van der Waals surface area (Å²) in [6.45, 7) is 4.84. The molecule has 1 saturated heterocycles. The van der Waals surface area contributed by atoms with E-state index < -0.39 is 0 Å². The molecule has 3 heterocycles. The zero-order valence-electron chi connectivity index (χ0n) is 15.5. The van der Waals surface area contributed by atoms with Crippen molar-refractivity contribution in [2.45, 2.75) is 13.3 Å². The number of carbonyl (C=O) groups is 1. The second kappa shape index (κ2) is 8.26. The molecule has 0 atom stereocenters. The second-order valence-electron chi connectivity index (χ2n) is 6.53. The summed E-state index contributed by atoms with van der Waals surface area (Å²) in [5.41, 5.74) is 1.60. The van der Waals surface area contributed by atoms with Gasteiger partial charge in [-0.1, -0.05) is 24.2 Å². The number of piperazine rings is 1. The lowest BCUT2D eigenvalue weighted by atomic mass is 10.2. The van der Waals surface area contributed by atoms with Gasteiger partial charge in [0.05, 0.1) is 5.56 Å². The van der Waals surface area contributed by atoms with Crippen molar-refractivity contribution in [3.8, 4) is 11.4 Å². The molecule has 0 aliphatic carbocycles. The number of anilines is 1. The molecule has 0 N–H and O–H groups in total. The minimum atomic E-state index is 0.0943. The molecular weight excluding hydrogens is 469 g/mol. The standard InChI is InChI=1S/C20H20IN5O2/c1-2-18-23-19(24-28-18)14-7-8-17(22-13-14)25-9-11-26(12-10-25)20(27)15-5-3-4-6-16(15)21/h3-8,13H,2,9-12H2,1H3. The van der Waals surface area contributed by atoms with E-state index in [9.17, 15) is 4.79 Å². The Morgan fingerprint density at radius 2 is 1.93 bits per heavy atom. The molecule has 1 amide bonds. The average molecular weight is 489 g/mol. The maximum absolute atomic E-state index is 12.8. The molecule has 0 bridgehead atoms.